The number of hydrogen-bond donors (Lipinski definition) is 1. The maximum Gasteiger partial charge on any atom is 0.317 e. The molecule has 0 aliphatic carbocycles. The van der Waals surface area contributed by atoms with Crippen molar-refractivity contribution in [2.24, 2.45) is 13.0 Å². The lowest BCUT2D eigenvalue weighted by molar-refractivity contribution is 0.206. The van der Waals surface area contributed by atoms with Gasteiger partial charge in [0.2, 0.25) is 0 Å². The van der Waals surface area contributed by atoms with Crippen LogP contribution in [-0.2, 0) is 20.0 Å². The van der Waals surface area contributed by atoms with E-state index in [4.69, 9.17) is 4.74 Å². The van der Waals surface area contributed by atoms with E-state index in [1.54, 1.807) is 0 Å². The predicted octanol–water partition coefficient (Wildman–Crippen LogP) is 2.59. The average Bonchev–Trinajstić information content (AvgIpc) is 3.23. The highest BCUT2D eigenvalue weighted by Crippen LogP contribution is 2.21. The maximum atomic E-state index is 12.4. The largest absolute Gasteiger partial charge is 0.494 e. The highest BCUT2D eigenvalue weighted by molar-refractivity contribution is 5.74. The minimum Gasteiger partial charge on any atom is -0.494 e. The Bertz CT molecular complexity index is 713. The molecule has 1 saturated heterocycles. The molecule has 1 atom stereocenters. The van der Waals surface area contributed by atoms with Crippen LogP contribution >= 0.6 is 0 Å². The molecule has 0 radical (unpaired) electrons. The Balaban J connectivity index is 1.49. The van der Waals surface area contributed by atoms with Crippen LogP contribution in [0.25, 0.3) is 0 Å². The van der Waals surface area contributed by atoms with E-state index in [2.05, 4.69) is 10.4 Å². The lowest BCUT2D eigenvalue weighted by Crippen LogP contribution is -2.38. The second-order valence-corrected chi connectivity index (χ2v) is 6.53. The SMILES string of the molecule is CCOc1ccccc1CNC(=O)N1CC[C@@H](Cc2cnn(C)c2)C1. The first-order valence-corrected chi connectivity index (χ1v) is 8.86. The molecule has 0 bridgehead atoms. The van der Waals surface area contributed by atoms with Crippen LogP contribution in [0.5, 0.6) is 5.75 Å². The van der Waals surface area contributed by atoms with Crippen molar-refractivity contribution in [2.75, 3.05) is 19.7 Å². The summed E-state index contributed by atoms with van der Waals surface area (Å²) in [5.74, 6) is 1.34. The lowest BCUT2D eigenvalue weighted by atomic mass is 10.0. The molecule has 0 unspecified atom stereocenters. The molecular weight excluding hydrogens is 316 g/mol. The first-order valence-electron chi connectivity index (χ1n) is 8.86. The highest BCUT2D eigenvalue weighted by Gasteiger charge is 2.26. The molecule has 1 aromatic heterocycles. The molecule has 134 valence electrons. The van der Waals surface area contributed by atoms with E-state index < -0.39 is 0 Å². The first-order chi connectivity index (χ1) is 12.2. The number of nitrogens with zero attached hydrogens (tertiary/aromatic N) is 3. The number of aromatic nitrogens is 2. The highest BCUT2D eigenvalue weighted by atomic mass is 16.5. The predicted molar refractivity (Wildman–Crippen MR) is 96.4 cm³/mol. The van der Waals surface area contributed by atoms with E-state index in [0.29, 0.717) is 19.1 Å². The van der Waals surface area contributed by atoms with Crippen LogP contribution < -0.4 is 10.1 Å². The van der Waals surface area contributed by atoms with Crippen LogP contribution in [0.15, 0.2) is 36.7 Å². The van der Waals surface area contributed by atoms with Gasteiger partial charge in [-0.1, -0.05) is 18.2 Å². The van der Waals surface area contributed by atoms with Gasteiger partial charge in [0.05, 0.1) is 12.8 Å². The fourth-order valence-electron chi connectivity index (χ4n) is 3.32. The Morgan fingerprint density at radius 1 is 1.40 bits per heavy atom. The smallest absolute Gasteiger partial charge is 0.317 e. The summed E-state index contributed by atoms with van der Waals surface area (Å²) in [5.41, 5.74) is 2.24. The van der Waals surface area contributed by atoms with Crippen LogP contribution in [0.4, 0.5) is 4.79 Å². The van der Waals surface area contributed by atoms with Crippen molar-refractivity contribution in [3.05, 3.63) is 47.8 Å². The maximum absolute atomic E-state index is 12.4. The van der Waals surface area contributed by atoms with Crippen molar-refractivity contribution >= 4 is 6.03 Å². The van der Waals surface area contributed by atoms with Crippen molar-refractivity contribution in [3.8, 4) is 5.75 Å². The Morgan fingerprint density at radius 3 is 3.00 bits per heavy atom. The number of likely N-dealkylation sites (tertiary alicyclic amines) is 1. The zero-order valence-corrected chi connectivity index (χ0v) is 14.9. The monoisotopic (exact) mass is 342 g/mol. The summed E-state index contributed by atoms with van der Waals surface area (Å²) in [4.78, 5) is 14.4. The van der Waals surface area contributed by atoms with Gasteiger partial charge in [-0.2, -0.15) is 5.10 Å². The zero-order chi connectivity index (χ0) is 17.6. The van der Waals surface area contributed by atoms with E-state index in [1.165, 1.54) is 5.56 Å². The number of carbonyl (C=O) groups excluding carboxylic acids is 1. The van der Waals surface area contributed by atoms with Crippen LogP contribution in [0.3, 0.4) is 0 Å². The van der Waals surface area contributed by atoms with Crippen molar-refractivity contribution in [1.29, 1.82) is 0 Å². The van der Waals surface area contributed by atoms with Crippen molar-refractivity contribution < 1.29 is 9.53 Å². The summed E-state index contributed by atoms with van der Waals surface area (Å²) in [6.45, 7) is 4.67. The summed E-state index contributed by atoms with van der Waals surface area (Å²) >= 11 is 0. The Kier molecular flexibility index (Phi) is 5.58. The summed E-state index contributed by atoms with van der Waals surface area (Å²) < 4.78 is 7.43. The number of amides is 2. The minimum absolute atomic E-state index is 0.0000109. The molecule has 6 heteroatoms. The summed E-state index contributed by atoms with van der Waals surface area (Å²) in [7, 11) is 1.93. The van der Waals surface area contributed by atoms with E-state index in [1.807, 2.05) is 60.2 Å². The third kappa shape index (κ3) is 4.53. The summed E-state index contributed by atoms with van der Waals surface area (Å²) in [5, 5.41) is 7.23. The topological polar surface area (TPSA) is 59.4 Å². The van der Waals surface area contributed by atoms with E-state index in [0.717, 1.165) is 37.2 Å². The van der Waals surface area contributed by atoms with Gasteiger partial charge < -0.3 is 15.0 Å². The molecule has 0 saturated carbocycles. The van der Waals surface area contributed by atoms with Gasteiger partial charge >= 0.3 is 6.03 Å². The molecule has 0 spiro atoms. The van der Waals surface area contributed by atoms with E-state index >= 15 is 0 Å². The summed E-state index contributed by atoms with van der Waals surface area (Å²) in [6.07, 6.45) is 5.98. The molecular formula is C19H26N4O2. The fourth-order valence-corrected chi connectivity index (χ4v) is 3.32. The number of hydrogen-bond acceptors (Lipinski definition) is 3. The van der Waals surface area contributed by atoms with Gasteiger partial charge in [0.25, 0.3) is 0 Å². The van der Waals surface area contributed by atoms with Gasteiger partial charge in [-0.15, -0.1) is 0 Å². The normalized spacial score (nSPS) is 16.9. The Morgan fingerprint density at radius 2 is 2.24 bits per heavy atom. The Hall–Kier alpha value is -2.50. The molecule has 1 fully saturated rings. The number of aryl methyl sites for hydroxylation is 1. The number of benzene rings is 1. The number of urea groups is 1. The quantitative estimate of drug-likeness (QED) is 0.878. The third-order valence-corrected chi connectivity index (χ3v) is 4.56. The second-order valence-electron chi connectivity index (χ2n) is 6.53. The standard InChI is InChI=1S/C19H26N4O2/c1-3-25-18-7-5-4-6-17(18)12-20-19(24)23-9-8-15(14-23)10-16-11-21-22(2)13-16/h4-7,11,13,15H,3,8-10,12,14H2,1-2H3,(H,20,24)/t15-/m0/s1. The molecule has 1 aliphatic rings. The fraction of sp³-hybridized carbons (Fsp3) is 0.474. The second kappa shape index (κ2) is 8.05. The van der Waals surface area contributed by atoms with Gasteiger partial charge in [0.1, 0.15) is 5.75 Å². The third-order valence-electron chi connectivity index (χ3n) is 4.56. The van der Waals surface area contributed by atoms with Gasteiger partial charge in [-0.25, -0.2) is 4.79 Å². The van der Waals surface area contributed by atoms with Crippen molar-refractivity contribution in [1.82, 2.24) is 20.0 Å². The lowest BCUT2D eigenvalue weighted by Gasteiger charge is -2.18. The van der Waals surface area contributed by atoms with Gasteiger partial charge in [-0.3, -0.25) is 4.68 Å². The van der Waals surface area contributed by atoms with Crippen LogP contribution in [0.1, 0.15) is 24.5 Å². The van der Waals surface area contributed by atoms with Gasteiger partial charge in [-0.05, 0) is 37.3 Å². The van der Waals surface area contributed by atoms with Gasteiger partial charge in [0.15, 0.2) is 0 Å². The number of rotatable bonds is 6. The van der Waals surface area contributed by atoms with Crippen molar-refractivity contribution in [3.63, 3.8) is 0 Å². The first kappa shape index (κ1) is 17.3. The van der Waals surface area contributed by atoms with Crippen LogP contribution in [-0.4, -0.2) is 40.4 Å². The average molecular weight is 342 g/mol. The molecule has 1 aromatic carbocycles. The molecule has 2 aromatic rings. The van der Waals surface area contributed by atoms with Crippen molar-refractivity contribution in [2.45, 2.75) is 26.3 Å². The molecule has 1 N–H and O–H groups in total. The number of nitrogens with one attached hydrogen (secondary N) is 1. The van der Waals surface area contributed by atoms with E-state index in [9.17, 15) is 4.79 Å². The number of para-hydroxylation sites is 1. The Labute approximate surface area is 148 Å². The molecule has 6 nitrogen and oxygen atoms in total. The number of ether oxygens (including phenoxy) is 1. The molecule has 2 amide bonds. The molecule has 25 heavy (non-hydrogen) atoms. The van der Waals surface area contributed by atoms with E-state index in [-0.39, 0.29) is 6.03 Å². The van der Waals surface area contributed by atoms with Crippen LogP contribution in [0, 0.1) is 5.92 Å². The summed E-state index contributed by atoms with van der Waals surface area (Å²) in [6, 6.07) is 7.83. The minimum atomic E-state index is -0.0000109. The van der Waals surface area contributed by atoms with Gasteiger partial charge in [0, 0.05) is 38.4 Å². The zero-order valence-electron chi connectivity index (χ0n) is 14.9. The molecule has 2 heterocycles. The molecule has 1 aliphatic heterocycles. The molecule has 3 rings (SSSR count). The van der Waals surface area contributed by atoms with Crippen LogP contribution in [0.2, 0.25) is 0 Å². The number of carbonyl (C=O) groups is 1.